The van der Waals surface area contributed by atoms with Crippen LogP contribution in [0.25, 0.3) is 0 Å². The molecule has 0 saturated heterocycles. The summed E-state index contributed by atoms with van der Waals surface area (Å²) >= 11 is 11.2. The maximum atomic E-state index is 12.7. The van der Waals surface area contributed by atoms with Crippen molar-refractivity contribution in [2.45, 2.75) is 25.9 Å². The van der Waals surface area contributed by atoms with Gasteiger partial charge in [0.05, 0.1) is 0 Å². The molecule has 1 heterocycles. The molecular weight excluding hydrogens is 304 g/mol. The summed E-state index contributed by atoms with van der Waals surface area (Å²) in [5, 5.41) is 2.12. The van der Waals surface area contributed by atoms with Crippen LogP contribution in [0.4, 0.5) is 18.9 Å². The van der Waals surface area contributed by atoms with E-state index in [-0.39, 0.29) is 28.8 Å². The molecule has 1 atom stereocenters. The molecule has 0 spiro atoms. The fraction of sp³-hybridized carbons (Fsp3) is 0.455. The highest BCUT2D eigenvalue weighted by Crippen LogP contribution is 2.31. The summed E-state index contributed by atoms with van der Waals surface area (Å²) in [7, 11) is 0. The van der Waals surface area contributed by atoms with Crippen molar-refractivity contribution in [2.24, 2.45) is 5.92 Å². The fourth-order valence-corrected chi connectivity index (χ4v) is 1.96. The molecule has 0 aliphatic carbocycles. The Hall–Kier alpha value is -1.01. The molecule has 106 valence electrons. The van der Waals surface area contributed by atoms with Crippen LogP contribution in [0, 0.1) is 5.92 Å². The van der Waals surface area contributed by atoms with Crippen LogP contribution < -0.4 is 5.32 Å². The number of nitrogens with zero attached hydrogens (tertiary/aromatic N) is 1. The molecule has 0 radical (unpaired) electrons. The van der Waals surface area contributed by atoms with Crippen molar-refractivity contribution in [3.63, 3.8) is 0 Å². The van der Waals surface area contributed by atoms with Gasteiger partial charge >= 0.3 is 6.18 Å². The van der Waals surface area contributed by atoms with E-state index in [1.165, 1.54) is 12.1 Å². The highest BCUT2D eigenvalue weighted by atomic mass is 35.5. The quantitative estimate of drug-likeness (QED) is 0.842. The Morgan fingerprint density at radius 2 is 1.89 bits per heavy atom. The third kappa shape index (κ3) is 4.87. The number of carbonyl (C=O) groups is 1. The lowest BCUT2D eigenvalue weighted by molar-refractivity contribution is -0.180. The van der Waals surface area contributed by atoms with Crippen LogP contribution in [-0.2, 0) is 4.79 Å². The Kier molecular flexibility index (Phi) is 5.43. The van der Waals surface area contributed by atoms with Crippen LogP contribution in [0.5, 0.6) is 0 Å². The number of nitrogens with one attached hydrogen (secondary N) is 1. The Morgan fingerprint density at radius 1 is 1.37 bits per heavy atom. The molecule has 0 aliphatic rings. The summed E-state index contributed by atoms with van der Waals surface area (Å²) in [6, 6.07) is 2.45. The number of hydrogen-bond donors (Lipinski definition) is 1. The van der Waals surface area contributed by atoms with Crippen molar-refractivity contribution in [2.75, 3.05) is 5.32 Å². The Balaban J connectivity index is 2.87. The molecule has 19 heavy (non-hydrogen) atoms. The lowest BCUT2D eigenvalue weighted by atomic mass is 10.0. The van der Waals surface area contributed by atoms with E-state index in [1.54, 1.807) is 6.92 Å². The van der Waals surface area contributed by atoms with E-state index < -0.39 is 18.0 Å². The first-order valence-electron chi connectivity index (χ1n) is 5.44. The summed E-state index contributed by atoms with van der Waals surface area (Å²) in [5.74, 6) is -3.18. The zero-order chi connectivity index (χ0) is 14.6. The Bertz CT molecular complexity index is 445. The predicted octanol–water partition coefficient (Wildman–Crippen LogP) is 4.31. The second-order valence-electron chi connectivity index (χ2n) is 3.87. The van der Waals surface area contributed by atoms with E-state index in [1.807, 2.05) is 0 Å². The second-order valence-corrected chi connectivity index (χ2v) is 4.65. The maximum absolute atomic E-state index is 12.7. The molecule has 1 unspecified atom stereocenters. The van der Waals surface area contributed by atoms with Crippen molar-refractivity contribution in [1.82, 2.24) is 4.98 Å². The number of pyridine rings is 1. The molecule has 0 aromatic carbocycles. The van der Waals surface area contributed by atoms with E-state index in [0.29, 0.717) is 0 Å². The van der Waals surface area contributed by atoms with Crippen LogP contribution in [0.3, 0.4) is 0 Å². The molecule has 0 aliphatic heterocycles. The summed E-state index contributed by atoms with van der Waals surface area (Å²) in [6.07, 6.45) is -4.61. The Morgan fingerprint density at radius 3 is 2.32 bits per heavy atom. The molecule has 8 heteroatoms. The van der Waals surface area contributed by atoms with Gasteiger partial charge in [-0.3, -0.25) is 4.79 Å². The molecule has 1 N–H and O–H groups in total. The van der Waals surface area contributed by atoms with Gasteiger partial charge in [-0.05, 0) is 18.6 Å². The van der Waals surface area contributed by atoms with Gasteiger partial charge in [0.2, 0.25) is 5.91 Å². The topological polar surface area (TPSA) is 42.0 Å². The number of hydrogen-bond acceptors (Lipinski definition) is 2. The fourth-order valence-electron chi connectivity index (χ4n) is 1.50. The van der Waals surface area contributed by atoms with Crippen molar-refractivity contribution < 1.29 is 18.0 Å². The number of aromatic nitrogens is 1. The van der Waals surface area contributed by atoms with Gasteiger partial charge in [-0.25, -0.2) is 4.98 Å². The first kappa shape index (κ1) is 16.0. The largest absolute Gasteiger partial charge is 0.400 e. The molecule has 1 aromatic rings. The van der Waals surface area contributed by atoms with E-state index in [2.05, 4.69) is 10.3 Å². The van der Waals surface area contributed by atoms with Gasteiger partial charge in [0.1, 0.15) is 16.2 Å². The normalized spacial score (nSPS) is 13.2. The number of amides is 1. The van der Waals surface area contributed by atoms with Gasteiger partial charge in [0.15, 0.2) is 0 Å². The van der Waals surface area contributed by atoms with Crippen molar-refractivity contribution in [3.05, 3.63) is 22.4 Å². The van der Waals surface area contributed by atoms with Crippen molar-refractivity contribution >= 4 is 34.8 Å². The molecular formula is C11H11Cl2F3N2O. The number of alkyl halides is 3. The highest BCUT2D eigenvalue weighted by molar-refractivity contribution is 6.33. The summed E-state index contributed by atoms with van der Waals surface area (Å²) < 4.78 is 38.1. The standard InChI is InChI=1S/C11H11Cl2F3N2O/c1-2-3-7(11(14,15)16)10(19)17-6-4-8(12)18-9(13)5-6/h4-5,7H,2-3H2,1H3,(H,17,18,19). The SMILES string of the molecule is CCCC(C(=O)Nc1cc(Cl)nc(Cl)c1)C(F)(F)F. The van der Waals surface area contributed by atoms with Crippen LogP contribution >= 0.6 is 23.2 Å². The summed E-state index contributed by atoms with van der Waals surface area (Å²) in [4.78, 5) is 15.3. The van der Waals surface area contributed by atoms with Gasteiger partial charge in [-0.1, -0.05) is 36.5 Å². The number of halogens is 5. The zero-order valence-electron chi connectivity index (χ0n) is 9.89. The predicted molar refractivity (Wildman–Crippen MR) is 67.3 cm³/mol. The molecule has 1 amide bonds. The van der Waals surface area contributed by atoms with Crippen molar-refractivity contribution in [3.8, 4) is 0 Å². The summed E-state index contributed by atoms with van der Waals surface area (Å²) in [6.45, 7) is 1.58. The minimum Gasteiger partial charge on any atom is -0.325 e. The zero-order valence-corrected chi connectivity index (χ0v) is 11.4. The van der Waals surface area contributed by atoms with Gasteiger partial charge < -0.3 is 5.32 Å². The Labute approximate surface area is 118 Å². The number of anilines is 1. The molecule has 1 rings (SSSR count). The van der Waals surface area contributed by atoms with E-state index in [4.69, 9.17) is 23.2 Å². The second kappa shape index (κ2) is 6.43. The number of rotatable bonds is 4. The van der Waals surface area contributed by atoms with Crippen LogP contribution in [0.2, 0.25) is 10.3 Å². The first-order valence-corrected chi connectivity index (χ1v) is 6.20. The monoisotopic (exact) mass is 314 g/mol. The summed E-state index contributed by atoms with van der Waals surface area (Å²) in [5.41, 5.74) is 0.0837. The minimum atomic E-state index is -4.58. The van der Waals surface area contributed by atoms with E-state index in [9.17, 15) is 18.0 Å². The van der Waals surface area contributed by atoms with E-state index >= 15 is 0 Å². The van der Waals surface area contributed by atoms with Crippen LogP contribution in [-0.4, -0.2) is 17.1 Å². The third-order valence-corrected chi connectivity index (χ3v) is 2.71. The molecule has 0 fully saturated rings. The van der Waals surface area contributed by atoms with Gasteiger partial charge in [-0.15, -0.1) is 0 Å². The van der Waals surface area contributed by atoms with Crippen molar-refractivity contribution in [1.29, 1.82) is 0 Å². The average molecular weight is 315 g/mol. The third-order valence-electron chi connectivity index (χ3n) is 2.32. The van der Waals surface area contributed by atoms with Gasteiger partial charge in [0, 0.05) is 5.69 Å². The highest BCUT2D eigenvalue weighted by Gasteiger charge is 2.43. The van der Waals surface area contributed by atoms with Gasteiger partial charge in [0.25, 0.3) is 0 Å². The lowest BCUT2D eigenvalue weighted by Gasteiger charge is -2.19. The molecule has 0 bridgehead atoms. The minimum absolute atomic E-state index is 0.0122. The van der Waals surface area contributed by atoms with E-state index in [0.717, 1.165) is 0 Å². The molecule has 3 nitrogen and oxygen atoms in total. The van der Waals surface area contributed by atoms with Crippen LogP contribution in [0.15, 0.2) is 12.1 Å². The first-order chi connectivity index (χ1) is 8.74. The average Bonchev–Trinajstić information content (AvgIpc) is 2.22. The van der Waals surface area contributed by atoms with Crippen LogP contribution in [0.1, 0.15) is 19.8 Å². The molecule has 1 aromatic heterocycles. The molecule has 0 saturated carbocycles. The number of carbonyl (C=O) groups excluding carboxylic acids is 1. The van der Waals surface area contributed by atoms with Gasteiger partial charge in [-0.2, -0.15) is 13.2 Å². The maximum Gasteiger partial charge on any atom is 0.400 e. The lowest BCUT2D eigenvalue weighted by Crippen LogP contribution is -2.34. The smallest absolute Gasteiger partial charge is 0.325 e.